The van der Waals surface area contributed by atoms with Crippen molar-refractivity contribution in [2.24, 2.45) is 0 Å². The second kappa shape index (κ2) is 5.13. The van der Waals surface area contributed by atoms with E-state index in [2.05, 4.69) is 16.1 Å². The average Bonchev–Trinajstić information content (AvgIpc) is 2.87. The number of para-hydroxylation sites is 1. The lowest BCUT2D eigenvalue weighted by Gasteiger charge is -2.29. The van der Waals surface area contributed by atoms with E-state index in [0.717, 1.165) is 30.0 Å². The molecule has 0 amide bonds. The maximum absolute atomic E-state index is 5.76. The van der Waals surface area contributed by atoms with E-state index in [9.17, 15) is 0 Å². The minimum absolute atomic E-state index is 0.0502. The minimum Gasteiger partial charge on any atom is -0.496 e. The van der Waals surface area contributed by atoms with E-state index in [4.69, 9.17) is 15.2 Å². The molecule has 0 radical (unpaired) electrons. The third-order valence-corrected chi connectivity index (χ3v) is 3.74. The standard InChI is InChI=1S/C14H18N4O2/c1-19-11-6-4-3-5-9(11)10-7-8-12(20-2)13-16-14(15)17-18(10)13/h3-6,10,12H,7-8H2,1-2H3,(H2,15,17). The molecule has 20 heavy (non-hydrogen) atoms. The van der Waals surface area contributed by atoms with Crippen molar-refractivity contribution in [3.8, 4) is 5.75 Å². The first kappa shape index (κ1) is 12.9. The fourth-order valence-electron chi connectivity index (χ4n) is 2.81. The lowest BCUT2D eigenvalue weighted by molar-refractivity contribution is 0.0646. The molecule has 3 rings (SSSR count). The Hall–Kier alpha value is -2.08. The van der Waals surface area contributed by atoms with Crippen molar-refractivity contribution in [1.82, 2.24) is 14.8 Å². The number of rotatable bonds is 3. The number of hydrogen-bond donors (Lipinski definition) is 1. The highest BCUT2D eigenvalue weighted by molar-refractivity contribution is 5.37. The Balaban J connectivity index is 2.07. The summed E-state index contributed by atoms with van der Waals surface area (Å²) in [5.41, 5.74) is 6.85. The number of hydrogen-bond acceptors (Lipinski definition) is 5. The first-order valence-electron chi connectivity index (χ1n) is 6.62. The Morgan fingerprint density at radius 3 is 2.80 bits per heavy atom. The van der Waals surface area contributed by atoms with Crippen LogP contribution in [0.2, 0.25) is 0 Å². The van der Waals surface area contributed by atoms with Crippen molar-refractivity contribution in [3.05, 3.63) is 35.7 Å². The van der Waals surface area contributed by atoms with Crippen LogP contribution in [0.3, 0.4) is 0 Å². The van der Waals surface area contributed by atoms with Gasteiger partial charge in [-0.2, -0.15) is 4.98 Å². The van der Waals surface area contributed by atoms with Crippen LogP contribution in [0.4, 0.5) is 5.95 Å². The first-order chi connectivity index (χ1) is 9.74. The van der Waals surface area contributed by atoms with E-state index in [1.807, 2.05) is 22.9 Å². The topological polar surface area (TPSA) is 75.2 Å². The lowest BCUT2D eigenvalue weighted by atomic mass is 9.95. The van der Waals surface area contributed by atoms with E-state index >= 15 is 0 Å². The molecule has 2 N–H and O–H groups in total. The second-order valence-electron chi connectivity index (χ2n) is 4.83. The summed E-state index contributed by atoms with van der Waals surface area (Å²) in [4.78, 5) is 4.30. The summed E-state index contributed by atoms with van der Waals surface area (Å²) in [7, 11) is 3.36. The Morgan fingerprint density at radius 1 is 1.25 bits per heavy atom. The van der Waals surface area contributed by atoms with Crippen molar-refractivity contribution in [2.45, 2.75) is 25.0 Å². The number of nitrogen functional groups attached to an aromatic ring is 1. The third-order valence-electron chi connectivity index (χ3n) is 3.74. The number of methoxy groups -OCH3 is 2. The van der Waals surface area contributed by atoms with Crippen molar-refractivity contribution in [2.75, 3.05) is 20.0 Å². The monoisotopic (exact) mass is 274 g/mol. The van der Waals surface area contributed by atoms with Gasteiger partial charge in [-0.1, -0.05) is 18.2 Å². The molecule has 2 atom stereocenters. The van der Waals surface area contributed by atoms with Crippen molar-refractivity contribution < 1.29 is 9.47 Å². The van der Waals surface area contributed by atoms with Crippen LogP contribution >= 0.6 is 0 Å². The summed E-state index contributed by atoms with van der Waals surface area (Å²) in [6.45, 7) is 0. The molecule has 0 saturated heterocycles. The van der Waals surface area contributed by atoms with Gasteiger partial charge in [0, 0.05) is 12.7 Å². The maximum Gasteiger partial charge on any atom is 0.239 e. The number of aromatic nitrogens is 3. The fourth-order valence-corrected chi connectivity index (χ4v) is 2.81. The van der Waals surface area contributed by atoms with Crippen LogP contribution in [0.5, 0.6) is 5.75 Å². The van der Waals surface area contributed by atoms with Gasteiger partial charge in [0.25, 0.3) is 0 Å². The molecule has 0 fully saturated rings. The van der Waals surface area contributed by atoms with Gasteiger partial charge in [-0.3, -0.25) is 0 Å². The molecule has 1 aromatic carbocycles. The van der Waals surface area contributed by atoms with Crippen LogP contribution in [0.1, 0.15) is 36.4 Å². The maximum atomic E-state index is 5.76. The van der Waals surface area contributed by atoms with Gasteiger partial charge in [-0.25, -0.2) is 4.68 Å². The molecule has 6 nitrogen and oxygen atoms in total. The quantitative estimate of drug-likeness (QED) is 0.925. The summed E-state index contributed by atoms with van der Waals surface area (Å²) in [6.07, 6.45) is 1.75. The number of fused-ring (bicyclic) bond motifs is 1. The van der Waals surface area contributed by atoms with E-state index in [-0.39, 0.29) is 18.1 Å². The highest BCUT2D eigenvalue weighted by Gasteiger charge is 2.32. The summed E-state index contributed by atoms with van der Waals surface area (Å²) >= 11 is 0. The van der Waals surface area contributed by atoms with Crippen LogP contribution in [-0.2, 0) is 4.74 Å². The number of benzene rings is 1. The van der Waals surface area contributed by atoms with Crippen LogP contribution in [0, 0.1) is 0 Å². The molecule has 0 saturated carbocycles. The Morgan fingerprint density at radius 2 is 2.05 bits per heavy atom. The zero-order valence-corrected chi connectivity index (χ0v) is 11.6. The first-order valence-corrected chi connectivity index (χ1v) is 6.62. The van der Waals surface area contributed by atoms with Crippen molar-refractivity contribution in [3.63, 3.8) is 0 Å². The fraction of sp³-hybridized carbons (Fsp3) is 0.429. The third kappa shape index (κ3) is 2.02. The van der Waals surface area contributed by atoms with Gasteiger partial charge >= 0.3 is 0 Å². The van der Waals surface area contributed by atoms with E-state index in [0.29, 0.717) is 0 Å². The summed E-state index contributed by atoms with van der Waals surface area (Å²) in [5, 5.41) is 4.33. The van der Waals surface area contributed by atoms with Crippen LogP contribution in [0.25, 0.3) is 0 Å². The van der Waals surface area contributed by atoms with Gasteiger partial charge in [0.05, 0.1) is 13.2 Å². The van der Waals surface area contributed by atoms with Crippen LogP contribution < -0.4 is 10.5 Å². The van der Waals surface area contributed by atoms with E-state index in [1.165, 1.54) is 0 Å². The Bertz CT molecular complexity index is 611. The molecule has 1 aliphatic rings. The second-order valence-corrected chi connectivity index (χ2v) is 4.83. The number of anilines is 1. The summed E-state index contributed by atoms with van der Waals surface area (Å²) in [6, 6.07) is 8.05. The molecule has 106 valence electrons. The van der Waals surface area contributed by atoms with Gasteiger partial charge in [-0.05, 0) is 18.9 Å². The van der Waals surface area contributed by atoms with Crippen LogP contribution in [-0.4, -0.2) is 29.0 Å². The highest BCUT2D eigenvalue weighted by atomic mass is 16.5. The normalized spacial score (nSPS) is 21.5. The highest BCUT2D eigenvalue weighted by Crippen LogP contribution is 2.39. The number of nitrogens with zero attached hydrogens (tertiary/aromatic N) is 3. The summed E-state index contributed by atoms with van der Waals surface area (Å²) in [5.74, 6) is 1.92. The molecule has 1 aromatic heterocycles. The van der Waals surface area contributed by atoms with Crippen LogP contribution in [0.15, 0.2) is 24.3 Å². The molecular weight excluding hydrogens is 256 g/mol. The van der Waals surface area contributed by atoms with E-state index in [1.54, 1.807) is 14.2 Å². The molecule has 2 aromatic rings. The smallest absolute Gasteiger partial charge is 0.239 e. The predicted molar refractivity (Wildman–Crippen MR) is 74.6 cm³/mol. The van der Waals surface area contributed by atoms with Gasteiger partial charge in [0.2, 0.25) is 5.95 Å². The molecule has 6 heteroatoms. The summed E-state index contributed by atoms with van der Waals surface area (Å²) < 4.78 is 12.8. The van der Waals surface area contributed by atoms with Gasteiger partial charge < -0.3 is 15.2 Å². The van der Waals surface area contributed by atoms with E-state index < -0.39 is 0 Å². The number of nitrogens with two attached hydrogens (primary N) is 1. The Labute approximate surface area is 117 Å². The van der Waals surface area contributed by atoms with Gasteiger partial charge in [0.1, 0.15) is 11.9 Å². The molecule has 2 unspecified atom stereocenters. The van der Waals surface area contributed by atoms with Gasteiger partial charge in [-0.15, -0.1) is 5.10 Å². The Kier molecular flexibility index (Phi) is 3.31. The lowest BCUT2D eigenvalue weighted by Crippen LogP contribution is -2.24. The molecule has 0 aliphatic carbocycles. The minimum atomic E-state index is -0.0502. The van der Waals surface area contributed by atoms with Crippen molar-refractivity contribution >= 4 is 5.95 Å². The zero-order valence-electron chi connectivity index (χ0n) is 11.6. The van der Waals surface area contributed by atoms with Gasteiger partial charge in [0.15, 0.2) is 5.82 Å². The molecular formula is C14H18N4O2. The molecule has 0 bridgehead atoms. The predicted octanol–water partition coefficient (Wildman–Crippen LogP) is 1.94. The molecule has 2 heterocycles. The average molecular weight is 274 g/mol. The largest absolute Gasteiger partial charge is 0.496 e. The van der Waals surface area contributed by atoms with Crippen molar-refractivity contribution in [1.29, 1.82) is 0 Å². The molecule has 0 spiro atoms. The molecule has 1 aliphatic heterocycles. The SMILES string of the molecule is COc1ccccc1C1CCC(OC)c2nc(N)nn21. The zero-order chi connectivity index (χ0) is 14.1. The number of ether oxygens (including phenoxy) is 2.